The third-order valence-corrected chi connectivity index (χ3v) is 7.56. The van der Waals surface area contributed by atoms with Crippen LogP contribution in [0.15, 0.2) is 61.2 Å². The average molecular weight is 604 g/mol. The van der Waals surface area contributed by atoms with Crippen LogP contribution in [-0.2, 0) is 31.7 Å². The van der Waals surface area contributed by atoms with Gasteiger partial charge in [-0.05, 0) is 42.2 Å². The fourth-order valence-corrected chi connectivity index (χ4v) is 4.87. The Bertz CT molecular complexity index is 1440. The van der Waals surface area contributed by atoms with Crippen molar-refractivity contribution >= 4 is 16.2 Å². The minimum atomic E-state index is -5.76. The summed E-state index contributed by atoms with van der Waals surface area (Å²) in [6.07, 6.45) is 5.42. The van der Waals surface area contributed by atoms with Gasteiger partial charge in [0.25, 0.3) is 0 Å². The molecule has 1 aliphatic rings. The summed E-state index contributed by atoms with van der Waals surface area (Å²) in [5.41, 5.74) is -6.85. The van der Waals surface area contributed by atoms with E-state index < -0.39 is 50.8 Å². The zero-order chi connectivity index (χ0) is 29.8. The number of halogens is 5. The van der Waals surface area contributed by atoms with Crippen LogP contribution in [0.2, 0.25) is 0 Å². The molecule has 4 rings (SSSR count). The van der Waals surface area contributed by atoms with Crippen molar-refractivity contribution in [2.24, 2.45) is 11.8 Å². The third-order valence-electron chi connectivity index (χ3n) is 6.58. The van der Waals surface area contributed by atoms with Crippen molar-refractivity contribution in [3.8, 4) is 5.75 Å². The van der Waals surface area contributed by atoms with Crippen LogP contribution in [0, 0.1) is 23.5 Å². The molecule has 1 fully saturated rings. The molecular weight excluding hydrogens is 577 g/mol. The molecule has 0 aliphatic carbocycles. The van der Waals surface area contributed by atoms with Crippen molar-refractivity contribution in [1.29, 1.82) is 0 Å². The molecule has 9 nitrogen and oxygen atoms in total. The van der Waals surface area contributed by atoms with Gasteiger partial charge in [0, 0.05) is 17.5 Å². The molecule has 2 aromatic carbocycles. The maximum atomic E-state index is 14.7. The number of aliphatic hydroxyl groups is 1. The molecule has 1 N–H and O–H groups in total. The van der Waals surface area contributed by atoms with Crippen molar-refractivity contribution in [3.05, 3.63) is 84.0 Å². The van der Waals surface area contributed by atoms with Gasteiger partial charge in [-0.3, -0.25) is 0 Å². The second-order valence-corrected chi connectivity index (χ2v) is 11.1. The lowest BCUT2D eigenvalue weighted by atomic mass is 9.77. The van der Waals surface area contributed by atoms with Crippen LogP contribution in [0.1, 0.15) is 24.5 Å². The first-order valence-corrected chi connectivity index (χ1v) is 13.7. The van der Waals surface area contributed by atoms with Crippen molar-refractivity contribution < 1.29 is 49.1 Å². The minimum absolute atomic E-state index is 0.0761. The van der Waals surface area contributed by atoms with Crippen LogP contribution in [-0.4, -0.2) is 53.3 Å². The Hall–Kier alpha value is -3.40. The lowest BCUT2D eigenvalue weighted by Gasteiger charge is -2.38. The molecule has 2 atom stereocenters. The molecule has 0 radical (unpaired) electrons. The molecule has 0 saturated carbocycles. The third kappa shape index (κ3) is 7.47. The summed E-state index contributed by atoms with van der Waals surface area (Å²) in [5.74, 6) is -2.87. The van der Waals surface area contributed by atoms with Gasteiger partial charge in [0.2, 0.25) is 0 Å². The van der Waals surface area contributed by atoms with Gasteiger partial charge in [0.05, 0.1) is 19.8 Å². The minimum Gasteiger partial charge on any atom is -0.383 e. The number of ether oxygens (including phenoxy) is 2. The summed E-state index contributed by atoms with van der Waals surface area (Å²) in [7, 11) is -5.76. The van der Waals surface area contributed by atoms with Gasteiger partial charge in [-0.25, -0.2) is 18.4 Å². The van der Waals surface area contributed by atoms with Crippen molar-refractivity contribution in [3.63, 3.8) is 0 Å². The molecule has 3 aromatic rings. The van der Waals surface area contributed by atoms with Gasteiger partial charge in [-0.1, -0.05) is 31.2 Å². The van der Waals surface area contributed by atoms with E-state index in [-0.39, 0.29) is 31.2 Å². The second-order valence-electron chi connectivity index (χ2n) is 9.59. The summed E-state index contributed by atoms with van der Waals surface area (Å²) in [6.45, 7) is 2.10. The monoisotopic (exact) mass is 603 g/mol. The van der Waals surface area contributed by atoms with Gasteiger partial charge in [0.1, 0.15) is 35.6 Å². The van der Waals surface area contributed by atoms with Crippen molar-refractivity contribution in [2.75, 3.05) is 13.2 Å². The molecule has 2 unspecified atom stereocenters. The number of benzene rings is 2. The van der Waals surface area contributed by atoms with Crippen LogP contribution in [0.25, 0.3) is 6.08 Å². The van der Waals surface area contributed by atoms with E-state index in [2.05, 4.69) is 14.3 Å². The van der Waals surface area contributed by atoms with E-state index in [9.17, 15) is 35.5 Å². The van der Waals surface area contributed by atoms with E-state index in [1.54, 1.807) is 19.1 Å². The molecule has 15 heteroatoms. The number of rotatable bonds is 10. The summed E-state index contributed by atoms with van der Waals surface area (Å²) in [5, 5.41) is 15.7. The fourth-order valence-electron chi connectivity index (χ4n) is 4.41. The number of nitrogens with zero attached hydrogens (tertiary/aromatic N) is 3. The highest BCUT2D eigenvalue weighted by Crippen LogP contribution is 2.38. The van der Waals surface area contributed by atoms with Crippen molar-refractivity contribution in [1.82, 2.24) is 14.8 Å². The quantitative estimate of drug-likeness (QED) is 0.206. The van der Waals surface area contributed by atoms with E-state index >= 15 is 0 Å². The van der Waals surface area contributed by atoms with Gasteiger partial charge >= 0.3 is 15.6 Å². The van der Waals surface area contributed by atoms with E-state index in [4.69, 9.17) is 9.47 Å². The zero-order valence-electron chi connectivity index (χ0n) is 21.5. The highest BCUT2D eigenvalue weighted by atomic mass is 32.2. The Morgan fingerprint density at radius 1 is 1.15 bits per heavy atom. The van der Waals surface area contributed by atoms with E-state index in [1.807, 2.05) is 0 Å². The van der Waals surface area contributed by atoms with Crippen molar-refractivity contribution in [2.45, 2.75) is 37.3 Å². The van der Waals surface area contributed by atoms with E-state index in [1.165, 1.54) is 35.5 Å². The largest absolute Gasteiger partial charge is 0.534 e. The van der Waals surface area contributed by atoms with Crippen LogP contribution < -0.4 is 4.18 Å². The highest BCUT2D eigenvalue weighted by molar-refractivity contribution is 7.88. The standard InChI is InChI=1S/C26H26F5N3O6S/c1-17(25(35,14-34-16-32-15-33-34)22-8-5-20(27)11-23(22)28)10-19-12-38-24(39-13-19)9-4-18-2-6-21(7-3-18)40-41(36,37)26(29,30)31/h2-9,11,15-17,19,24,35H,10,12-14H2,1H3. The summed E-state index contributed by atoms with van der Waals surface area (Å²) < 4.78 is 105. The lowest BCUT2D eigenvalue weighted by molar-refractivity contribution is -0.180. The molecule has 0 bridgehead atoms. The van der Waals surface area contributed by atoms with Crippen LogP contribution in [0.5, 0.6) is 5.75 Å². The van der Waals surface area contributed by atoms with E-state index in [0.717, 1.165) is 18.2 Å². The number of aromatic nitrogens is 3. The fraction of sp³-hybridized carbons (Fsp3) is 0.385. The molecule has 1 aliphatic heterocycles. The number of alkyl halides is 3. The molecule has 2 heterocycles. The second kappa shape index (κ2) is 12.2. The lowest BCUT2D eigenvalue weighted by Crippen LogP contribution is -2.42. The predicted octanol–water partition coefficient (Wildman–Crippen LogP) is 4.40. The topological polar surface area (TPSA) is 113 Å². The van der Waals surface area contributed by atoms with Crippen LogP contribution >= 0.6 is 0 Å². The maximum absolute atomic E-state index is 14.7. The zero-order valence-corrected chi connectivity index (χ0v) is 22.4. The van der Waals surface area contributed by atoms with Gasteiger partial charge in [-0.15, -0.1) is 0 Å². The molecule has 1 saturated heterocycles. The van der Waals surface area contributed by atoms with Gasteiger partial charge in [-0.2, -0.15) is 26.7 Å². The average Bonchev–Trinajstić information content (AvgIpc) is 3.41. The normalized spacial score (nSPS) is 20.6. The SMILES string of the molecule is CC(CC1COC(C=Cc2ccc(OS(=O)(=O)C(F)(F)F)cc2)OC1)C(O)(Cn1cncn1)c1ccc(F)cc1F. The molecule has 41 heavy (non-hydrogen) atoms. The predicted molar refractivity (Wildman–Crippen MR) is 134 cm³/mol. The number of hydrogen-bond donors (Lipinski definition) is 1. The maximum Gasteiger partial charge on any atom is 0.534 e. The summed E-state index contributed by atoms with van der Waals surface area (Å²) >= 11 is 0. The molecule has 222 valence electrons. The summed E-state index contributed by atoms with van der Waals surface area (Å²) in [6, 6.07) is 7.86. The molecule has 0 spiro atoms. The molecular formula is C26H26F5N3O6S. The van der Waals surface area contributed by atoms with Gasteiger partial charge < -0.3 is 18.8 Å². The Balaban J connectivity index is 1.35. The first kappa shape index (κ1) is 30.6. The highest BCUT2D eigenvalue weighted by Gasteiger charge is 2.48. The van der Waals surface area contributed by atoms with E-state index in [0.29, 0.717) is 18.1 Å². The Morgan fingerprint density at radius 2 is 1.83 bits per heavy atom. The Kier molecular flexibility index (Phi) is 9.11. The van der Waals surface area contributed by atoms with Crippen LogP contribution in [0.4, 0.5) is 22.0 Å². The first-order valence-electron chi connectivity index (χ1n) is 12.3. The summed E-state index contributed by atoms with van der Waals surface area (Å²) in [4.78, 5) is 3.86. The Labute approximate surface area is 232 Å². The van der Waals surface area contributed by atoms with Crippen LogP contribution in [0.3, 0.4) is 0 Å². The molecule has 0 amide bonds. The Morgan fingerprint density at radius 3 is 2.41 bits per heavy atom. The first-order chi connectivity index (χ1) is 19.3. The number of hydrogen-bond acceptors (Lipinski definition) is 8. The molecule has 1 aromatic heterocycles. The van der Waals surface area contributed by atoms with Gasteiger partial charge in [0.15, 0.2) is 6.29 Å². The smallest absolute Gasteiger partial charge is 0.383 e.